The van der Waals surface area contributed by atoms with Gasteiger partial charge in [-0.15, -0.1) is 12.4 Å². The molecule has 0 aliphatic carbocycles. The van der Waals surface area contributed by atoms with Gasteiger partial charge in [0.25, 0.3) is 5.91 Å². The summed E-state index contributed by atoms with van der Waals surface area (Å²) in [4.78, 5) is 12.5. The molecule has 2 heterocycles. The largest absolute Gasteiger partial charge is 0.348 e. The standard InChI is InChI=1S/C17H22N4O.ClH/c1-12-6-3-4-8-16(12)21-13(2)15(11-19-21)17(22)20-14-7-5-9-18-10-14;/h3-4,6,8,11,14,18H,5,7,9-10H2,1-2H3,(H,20,22);1H. The van der Waals surface area contributed by atoms with Crippen LogP contribution in [0.4, 0.5) is 0 Å². The lowest BCUT2D eigenvalue weighted by Crippen LogP contribution is -2.45. The topological polar surface area (TPSA) is 59.0 Å². The van der Waals surface area contributed by atoms with Crippen LogP contribution in [0.25, 0.3) is 5.69 Å². The first-order valence-corrected chi connectivity index (χ1v) is 7.79. The summed E-state index contributed by atoms with van der Waals surface area (Å²) in [6.07, 6.45) is 3.80. The highest BCUT2D eigenvalue weighted by Gasteiger charge is 2.20. The summed E-state index contributed by atoms with van der Waals surface area (Å²) in [5.74, 6) is -0.0361. The van der Waals surface area contributed by atoms with Gasteiger partial charge in [0, 0.05) is 12.6 Å². The summed E-state index contributed by atoms with van der Waals surface area (Å²) in [5, 5.41) is 10.8. The molecule has 1 fully saturated rings. The summed E-state index contributed by atoms with van der Waals surface area (Å²) in [5.41, 5.74) is 3.67. The number of carbonyl (C=O) groups is 1. The Bertz CT molecular complexity index is 677. The molecule has 1 aliphatic heterocycles. The molecule has 3 rings (SSSR count). The molecule has 1 aromatic carbocycles. The van der Waals surface area contributed by atoms with Gasteiger partial charge in [-0.3, -0.25) is 4.79 Å². The van der Waals surface area contributed by atoms with Crippen molar-refractivity contribution in [1.82, 2.24) is 20.4 Å². The molecule has 6 heteroatoms. The lowest BCUT2D eigenvalue weighted by atomic mass is 10.1. The van der Waals surface area contributed by atoms with E-state index >= 15 is 0 Å². The molecule has 23 heavy (non-hydrogen) atoms. The molecule has 1 amide bonds. The summed E-state index contributed by atoms with van der Waals surface area (Å²) in [6, 6.07) is 8.26. The van der Waals surface area contributed by atoms with Crippen molar-refractivity contribution in [2.45, 2.75) is 32.7 Å². The van der Waals surface area contributed by atoms with Crippen molar-refractivity contribution in [3.8, 4) is 5.69 Å². The Labute approximate surface area is 142 Å². The first kappa shape index (κ1) is 17.5. The van der Waals surface area contributed by atoms with Gasteiger partial charge < -0.3 is 10.6 Å². The van der Waals surface area contributed by atoms with E-state index in [4.69, 9.17) is 0 Å². The van der Waals surface area contributed by atoms with Crippen molar-refractivity contribution < 1.29 is 4.79 Å². The molecule has 1 atom stereocenters. The van der Waals surface area contributed by atoms with Crippen molar-refractivity contribution in [2.75, 3.05) is 13.1 Å². The zero-order valence-corrected chi connectivity index (χ0v) is 14.3. The summed E-state index contributed by atoms with van der Waals surface area (Å²) in [7, 11) is 0. The van der Waals surface area contributed by atoms with Crippen LogP contribution in [0.15, 0.2) is 30.5 Å². The predicted octanol–water partition coefficient (Wildman–Crippen LogP) is 2.39. The molecule has 0 bridgehead atoms. The molecule has 0 radical (unpaired) electrons. The average molecular weight is 335 g/mol. The number of hydrogen-bond acceptors (Lipinski definition) is 3. The van der Waals surface area contributed by atoms with Gasteiger partial charge in [-0.2, -0.15) is 5.10 Å². The van der Waals surface area contributed by atoms with Crippen molar-refractivity contribution >= 4 is 18.3 Å². The third-order valence-corrected chi connectivity index (χ3v) is 4.23. The van der Waals surface area contributed by atoms with Gasteiger partial charge in [0.2, 0.25) is 0 Å². The van der Waals surface area contributed by atoms with Crippen LogP contribution < -0.4 is 10.6 Å². The third kappa shape index (κ3) is 3.74. The molecule has 2 aromatic rings. The van der Waals surface area contributed by atoms with Gasteiger partial charge >= 0.3 is 0 Å². The second-order valence-electron chi connectivity index (χ2n) is 5.86. The van der Waals surface area contributed by atoms with E-state index in [1.807, 2.05) is 42.8 Å². The molecule has 124 valence electrons. The number of piperidine rings is 1. The summed E-state index contributed by atoms with van der Waals surface area (Å²) >= 11 is 0. The Balaban J connectivity index is 0.00000192. The Morgan fingerprint density at radius 1 is 1.35 bits per heavy atom. The zero-order chi connectivity index (χ0) is 15.5. The summed E-state index contributed by atoms with van der Waals surface area (Å²) in [6.45, 7) is 5.87. The Kier molecular flexibility index (Phi) is 5.80. The maximum absolute atomic E-state index is 12.5. The number of hydrogen-bond donors (Lipinski definition) is 2. The zero-order valence-electron chi connectivity index (χ0n) is 13.5. The number of nitrogens with one attached hydrogen (secondary N) is 2. The fraction of sp³-hybridized carbons (Fsp3) is 0.412. The maximum atomic E-state index is 12.5. The number of carbonyl (C=O) groups excluding carboxylic acids is 1. The number of para-hydroxylation sites is 1. The van der Waals surface area contributed by atoms with E-state index in [9.17, 15) is 4.79 Å². The lowest BCUT2D eigenvalue weighted by Gasteiger charge is -2.23. The number of benzene rings is 1. The van der Waals surface area contributed by atoms with E-state index in [-0.39, 0.29) is 24.4 Å². The number of nitrogens with zero attached hydrogens (tertiary/aromatic N) is 2. The molecule has 1 aromatic heterocycles. The minimum atomic E-state index is -0.0361. The van der Waals surface area contributed by atoms with Crippen LogP contribution in [0, 0.1) is 13.8 Å². The Hall–Kier alpha value is -1.85. The van der Waals surface area contributed by atoms with Gasteiger partial charge in [-0.25, -0.2) is 4.68 Å². The number of halogens is 1. The lowest BCUT2D eigenvalue weighted by molar-refractivity contribution is 0.0930. The van der Waals surface area contributed by atoms with Crippen LogP contribution in [0.1, 0.15) is 34.5 Å². The van der Waals surface area contributed by atoms with Crippen molar-refractivity contribution in [3.63, 3.8) is 0 Å². The summed E-state index contributed by atoms with van der Waals surface area (Å²) < 4.78 is 1.84. The van der Waals surface area contributed by atoms with E-state index in [1.165, 1.54) is 0 Å². The molecule has 5 nitrogen and oxygen atoms in total. The highest BCUT2D eigenvalue weighted by Crippen LogP contribution is 2.17. The fourth-order valence-corrected chi connectivity index (χ4v) is 2.91. The van der Waals surface area contributed by atoms with E-state index < -0.39 is 0 Å². The van der Waals surface area contributed by atoms with E-state index in [1.54, 1.807) is 6.20 Å². The quantitative estimate of drug-likeness (QED) is 0.906. The predicted molar refractivity (Wildman–Crippen MR) is 93.6 cm³/mol. The molecule has 2 N–H and O–H groups in total. The van der Waals surface area contributed by atoms with Gasteiger partial charge in [-0.1, -0.05) is 18.2 Å². The van der Waals surface area contributed by atoms with Crippen LogP contribution >= 0.6 is 12.4 Å². The second-order valence-corrected chi connectivity index (χ2v) is 5.86. The first-order chi connectivity index (χ1) is 10.7. The molecule has 0 spiro atoms. The van der Waals surface area contributed by atoms with E-state index in [0.29, 0.717) is 5.56 Å². The smallest absolute Gasteiger partial charge is 0.255 e. The molecule has 1 aliphatic rings. The van der Waals surface area contributed by atoms with Crippen molar-refractivity contribution in [1.29, 1.82) is 0 Å². The Morgan fingerprint density at radius 2 is 2.13 bits per heavy atom. The highest BCUT2D eigenvalue weighted by molar-refractivity contribution is 5.95. The van der Waals surface area contributed by atoms with Gasteiger partial charge in [-0.05, 0) is 44.9 Å². The van der Waals surface area contributed by atoms with E-state index in [0.717, 1.165) is 42.9 Å². The molecule has 1 saturated heterocycles. The molecular weight excluding hydrogens is 312 g/mol. The molecule has 0 saturated carbocycles. The normalized spacial score (nSPS) is 17.4. The monoisotopic (exact) mass is 334 g/mol. The molecule has 1 unspecified atom stereocenters. The average Bonchev–Trinajstić information content (AvgIpc) is 2.90. The number of rotatable bonds is 3. The maximum Gasteiger partial charge on any atom is 0.255 e. The van der Waals surface area contributed by atoms with Gasteiger partial charge in [0.05, 0.1) is 23.1 Å². The van der Waals surface area contributed by atoms with Crippen molar-refractivity contribution in [2.24, 2.45) is 0 Å². The van der Waals surface area contributed by atoms with Crippen LogP contribution in [0.3, 0.4) is 0 Å². The number of aromatic nitrogens is 2. The SMILES string of the molecule is Cc1ccccc1-n1ncc(C(=O)NC2CCCNC2)c1C.Cl. The number of aryl methyl sites for hydroxylation is 1. The second kappa shape index (κ2) is 7.62. The fourth-order valence-electron chi connectivity index (χ4n) is 2.91. The van der Waals surface area contributed by atoms with Crippen LogP contribution in [-0.2, 0) is 0 Å². The van der Waals surface area contributed by atoms with Gasteiger partial charge in [0.15, 0.2) is 0 Å². The third-order valence-electron chi connectivity index (χ3n) is 4.23. The minimum absolute atomic E-state index is 0. The van der Waals surface area contributed by atoms with Crippen LogP contribution in [0.2, 0.25) is 0 Å². The highest BCUT2D eigenvalue weighted by atomic mass is 35.5. The number of amides is 1. The van der Waals surface area contributed by atoms with E-state index in [2.05, 4.69) is 15.7 Å². The minimum Gasteiger partial charge on any atom is -0.348 e. The van der Waals surface area contributed by atoms with Crippen molar-refractivity contribution in [3.05, 3.63) is 47.3 Å². The molecular formula is C17H23ClN4O. The van der Waals surface area contributed by atoms with Gasteiger partial charge in [0.1, 0.15) is 0 Å². The Morgan fingerprint density at radius 3 is 2.83 bits per heavy atom. The van der Waals surface area contributed by atoms with Crippen LogP contribution in [-0.4, -0.2) is 34.8 Å². The first-order valence-electron chi connectivity index (χ1n) is 7.79. The van der Waals surface area contributed by atoms with Crippen LogP contribution in [0.5, 0.6) is 0 Å².